The van der Waals surface area contributed by atoms with Crippen molar-refractivity contribution < 1.29 is 14.3 Å². The second kappa shape index (κ2) is 8.84. The second-order valence-corrected chi connectivity index (χ2v) is 6.18. The van der Waals surface area contributed by atoms with Gasteiger partial charge in [0.05, 0.1) is 11.7 Å². The van der Waals surface area contributed by atoms with Gasteiger partial charge in [0.15, 0.2) is 6.61 Å². The zero-order chi connectivity index (χ0) is 19.1. The molecule has 0 aliphatic carbocycles. The van der Waals surface area contributed by atoms with E-state index in [1.165, 1.54) is 4.90 Å². The summed E-state index contributed by atoms with van der Waals surface area (Å²) in [6.07, 6.45) is 3.36. The summed E-state index contributed by atoms with van der Waals surface area (Å²) in [5.41, 5.74) is 2.42. The number of nitrogens with one attached hydrogen (secondary N) is 2. The number of amides is 3. The summed E-state index contributed by atoms with van der Waals surface area (Å²) in [7, 11) is 3.32. The Bertz CT molecular complexity index is 763. The highest BCUT2D eigenvalue weighted by atomic mass is 16.5. The predicted octanol–water partition coefficient (Wildman–Crippen LogP) is 2.74. The van der Waals surface area contributed by atoms with Crippen LogP contribution in [0, 0.1) is 6.92 Å². The predicted molar refractivity (Wildman–Crippen MR) is 100 cm³/mol. The number of hydrogen-bond donors (Lipinski definition) is 2. The van der Waals surface area contributed by atoms with Crippen molar-refractivity contribution in [1.82, 2.24) is 15.2 Å². The van der Waals surface area contributed by atoms with Gasteiger partial charge in [-0.1, -0.05) is 6.07 Å². The number of pyridine rings is 1. The van der Waals surface area contributed by atoms with Gasteiger partial charge in [0.1, 0.15) is 5.75 Å². The average molecular weight is 356 g/mol. The molecule has 7 nitrogen and oxygen atoms in total. The van der Waals surface area contributed by atoms with Crippen LogP contribution in [0.15, 0.2) is 42.7 Å². The van der Waals surface area contributed by atoms with E-state index in [-0.39, 0.29) is 24.6 Å². The number of carbonyl (C=O) groups excluding carboxylic acids is 2. The molecule has 1 heterocycles. The lowest BCUT2D eigenvalue weighted by atomic mass is 10.1. The van der Waals surface area contributed by atoms with Gasteiger partial charge in [0.2, 0.25) is 0 Å². The van der Waals surface area contributed by atoms with Crippen molar-refractivity contribution in [2.45, 2.75) is 19.9 Å². The number of urea groups is 1. The molecule has 26 heavy (non-hydrogen) atoms. The van der Waals surface area contributed by atoms with Crippen LogP contribution in [0.3, 0.4) is 0 Å². The van der Waals surface area contributed by atoms with Gasteiger partial charge in [0, 0.05) is 26.5 Å². The number of nitrogens with zero attached hydrogens (tertiary/aromatic N) is 2. The van der Waals surface area contributed by atoms with Gasteiger partial charge in [-0.25, -0.2) is 4.79 Å². The van der Waals surface area contributed by atoms with Crippen LogP contribution in [-0.4, -0.2) is 42.5 Å². The summed E-state index contributed by atoms with van der Waals surface area (Å²) in [6, 6.07) is 8.55. The molecule has 0 aliphatic heterocycles. The van der Waals surface area contributed by atoms with Crippen molar-refractivity contribution in [1.29, 1.82) is 0 Å². The minimum atomic E-state index is -0.359. The fourth-order valence-corrected chi connectivity index (χ4v) is 2.21. The van der Waals surface area contributed by atoms with Crippen molar-refractivity contribution in [2.75, 3.05) is 26.0 Å². The summed E-state index contributed by atoms with van der Waals surface area (Å²) >= 11 is 0. The summed E-state index contributed by atoms with van der Waals surface area (Å²) in [5, 5.41) is 5.64. The number of ether oxygens (including phenoxy) is 1. The van der Waals surface area contributed by atoms with E-state index in [9.17, 15) is 9.59 Å². The van der Waals surface area contributed by atoms with E-state index in [0.717, 1.165) is 11.1 Å². The molecule has 2 aromatic rings. The van der Waals surface area contributed by atoms with E-state index in [0.29, 0.717) is 11.4 Å². The molecule has 138 valence electrons. The van der Waals surface area contributed by atoms with Crippen LogP contribution in [0.1, 0.15) is 24.1 Å². The summed E-state index contributed by atoms with van der Waals surface area (Å²) in [4.78, 5) is 29.5. The summed E-state index contributed by atoms with van der Waals surface area (Å²) < 4.78 is 5.59. The first-order chi connectivity index (χ1) is 12.4. The Hall–Kier alpha value is -3.09. The molecule has 0 saturated carbocycles. The van der Waals surface area contributed by atoms with Crippen molar-refractivity contribution in [2.24, 2.45) is 0 Å². The second-order valence-electron chi connectivity index (χ2n) is 6.18. The molecular weight excluding hydrogens is 332 g/mol. The normalized spacial score (nSPS) is 11.4. The third-order valence-electron chi connectivity index (χ3n) is 3.79. The number of carbonyl (C=O) groups is 2. The van der Waals surface area contributed by atoms with Crippen molar-refractivity contribution in [3.8, 4) is 5.75 Å². The Labute approximate surface area is 153 Å². The maximum Gasteiger partial charge on any atom is 0.319 e. The third-order valence-corrected chi connectivity index (χ3v) is 3.79. The van der Waals surface area contributed by atoms with Crippen LogP contribution in [0.5, 0.6) is 5.75 Å². The van der Waals surface area contributed by atoms with E-state index in [2.05, 4.69) is 15.6 Å². The molecule has 3 amide bonds. The highest BCUT2D eigenvalue weighted by Crippen LogP contribution is 2.26. The van der Waals surface area contributed by atoms with Crippen LogP contribution in [0.2, 0.25) is 0 Å². The Morgan fingerprint density at radius 3 is 2.54 bits per heavy atom. The average Bonchev–Trinajstić information content (AvgIpc) is 2.62. The third kappa shape index (κ3) is 5.47. The van der Waals surface area contributed by atoms with E-state index < -0.39 is 0 Å². The Kier molecular flexibility index (Phi) is 6.54. The minimum absolute atomic E-state index is 0.0971. The smallest absolute Gasteiger partial charge is 0.319 e. The van der Waals surface area contributed by atoms with Crippen LogP contribution >= 0.6 is 0 Å². The first-order valence-corrected chi connectivity index (χ1v) is 8.28. The van der Waals surface area contributed by atoms with Crippen LogP contribution in [0.25, 0.3) is 0 Å². The lowest BCUT2D eigenvalue weighted by Crippen LogP contribution is -2.31. The molecule has 0 radical (unpaired) electrons. The molecule has 0 aliphatic rings. The van der Waals surface area contributed by atoms with Gasteiger partial charge in [0.25, 0.3) is 5.91 Å². The molecule has 1 unspecified atom stereocenters. The highest BCUT2D eigenvalue weighted by molar-refractivity contribution is 5.91. The monoisotopic (exact) mass is 356 g/mol. The lowest BCUT2D eigenvalue weighted by molar-refractivity contribution is -0.130. The largest absolute Gasteiger partial charge is 0.482 e. The van der Waals surface area contributed by atoms with Crippen molar-refractivity contribution in [3.05, 3.63) is 53.9 Å². The van der Waals surface area contributed by atoms with Gasteiger partial charge in [-0.05, 0) is 49.2 Å². The number of aromatic nitrogens is 1. The van der Waals surface area contributed by atoms with E-state index >= 15 is 0 Å². The molecule has 1 atom stereocenters. The number of benzene rings is 1. The molecule has 0 bridgehead atoms. The maximum atomic E-state index is 12.3. The molecule has 1 aromatic carbocycles. The molecule has 2 rings (SSSR count). The number of likely N-dealkylation sites (N-methyl/N-ethyl adjacent to an activating group) is 1. The van der Waals surface area contributed by atoms with Gasteiger partial charge >= 0.3 is 6.03 Å². The Balaban J connectivity index is 2.03. The van der Waals surface area contributed by atoms with Gasteiger partial charge in [-0.15, -0.1) is 0 Å². The standard InChI is InChI=1S/C19H24N4O3/c1-13-5-6-16(17(11-13)26-12-18(24)23(3)4)22-19(25)21-14(2)15-7-9-20-10-8-15/h5-11,14H,12H2,1-4H3,(H2,21,22,25). The topological polar surface area (TPSA) is 83.6 Å². The van der Waals surface area contributed by atoms with Gasteiger partial charge in [-0.2, -0.15) is 0 Å². The van der Waals surface area contributed by atoms with Crippen molar-refractivity contribution in [3.63, 3.8) is 0 Å². The van der Waals surface area contributed by atoms with E-state index in [1.807, 2.05) is 32.0 Å². The maximum absolute atomic E-state index is 12.3. The molecule has 0 saturated heterocycles. The molecule has 0 fully saturated rings. The van der Waals surface area contributed by atoms with Crippen LogP contribution in [0.4, 0.5) is 10.5 Å². The van der Waals surface area contributed by atoms with E-state index in [4.69, 9.17) is 4.74 Å². The van der Waals surface area contributed by atoms with E-state index in [1.54, 1.807) is 38.6 Å². The Morgan fingerprint density at radius 1 is 1.19 bits per heavy atom. The molecule has 2 N–H and O–H groups in total. The number of anilines is 1. The van der Waals surface area contributed by atoms with Crippen LogP contribution in [-0.2, 0) is 4.79 Å². The molecular formula is C19H24N4O3. The van der Waals surface area contributed by atoms with Gasteiger partial charge in [-0.3, -0.25) is 9.78 Å². The zero-order valence-corrected chi connectivity index (χ0v) is 15.4. The molecule has 7 heteroatoms. The highest BCUT2D eigenvalue weighted by Gasteiger charge is 2.13. The fourth-order valence-electron chi connectivity index (χ4n) is 2.21. The first-order valence-electron chi connectivity index (χ1n) is 8.28. The quantitative estimate of drug-likeness (QED) is 0.834. The molecule has 0 spiro atoms. The Morgan fingerprint density at radius 2 is 1.88 bits per heavy atom. The SMILES string of the molecule is Cc1ccc(NC(=O)NC(C)c2ccncc2)c(OCC(=O)N(C)C)c1. The number of hydrogen-bond acceptors (Lipinski definition) is 4. The number of aryl methyl sites for hydroxylation is 1. The fraction of sp³-hybridized carbons (Fsp3) is 0.316. The minimum Gasteiger partial charge on any atom is -0.482 e. The number of rotatable bonds is 6. The van der Waals surface area contributed by atoms with Gasteiger partial charge < -0.3 is 20.3 Å². The zero-order valence-electron chi connectivity index (χ0n) is 15.4. The summed E-state index contributed by atoms with van der Waals surface area (Å²) in [6.45, 7) is 3.70. The lowest BCUT2D eigenvalue weighted by Gasteiger charge is -2.17. The summed E-state index contributed by atoms with van der Waals surface area (Å²) in [5.74, 6) is 0.292. The first kappa shape index (κ1) is 19.2. The van der Waals surface area contributed by atoms with Crippen LogP contribution < -0.4 is 15.4 Å². The van der Waals surface area contributed by atoms with Crippen molar-refractivity contribution >= 4 is 17.6 Å². The molecule has 1 aromatic heterocycles.